The number of amides is 1. The van der Waals surface area contributed by atoms with E-state index < -0.39 is 10.0 Å². The number of carbonyl (C=O) groups is 1. The molecule has 0 spiro atoms. The average Bonchev–Trinajstić information content (AvgIpc) is 2.52. The van der Waals surface area contributed by atoms with Crippen LogP contribution in [0.4, 0.5) is 0 Å². The van der Waals surface area contributed by atoms with Gasteiger partial charge in [-0.1, -0.05) is 0 Å². The van der Waals surface area contributed by atoms with E-state index in [1.807, 2.05) is 13.8 Å². The minimum atomic E-state index is -3.56. The van der Waals surface area contributed by atoms with Gasteiger partial charge in [0.2, 0.25) is 15.9 Å². The second-order valence-electron chi connectivity index (χ2n) is 5.65. The number of carbonyl (C=O) groups excluding carboxylic acids is 1. The Hall–Kier alpha value is -1.60. The molecule has 1 fully saturated rings. The van der Waals surface area contributed by atoms with Gasteiger partial charge in [-0.2, -0.15) is 4.31 Å². The lowest BCUT2D eigenvalue weighted by Crippen LogP contribution is -2.50. The molecule has 1 saturated heterocycles. The third-order valence-electron chi connectivity index (χ3n) is 4.29. The van der Waals surface area contributed by atoms with Gasteiger partial charge < -0.3 is 9.64 Å². The Morgan fingerprint density at radius 1 is 1.13 bits per heavy atom. The van der Waals surface area contributed by atoms with Crippen LogP contribution in [0.15, 0.2) is 17.0 Å². The number of benzene rings is 1. The van der Waals surface area contributed by atoms with Crippen molar-refractivity contribution in [3.63, 3.8) is 0 Å². The molecule has 7 heteroatoms. The standard InChI is InChI=1S/C16H24N2O4S/c1-5-22-15-6-7-16(13(3)12(15)2)23(20,21)18-10-8-17(9-11-18)14(4)19/h6-7H,5,8-11H2,1-4H3. The van der Waals surface area contributed by atoms with Crippen molar-refractivity contribution in [1.29, 1.82) is 0 Å². The SMILES string of the molecule is CCOc1ccc(S(=O)(=O)N2CCN(C(C)=O)CC2)c(C)c1C. The topological polar surface area (TPSA) is 66.9 Å². The fourth-order valence-corrected chi connectivity index (χ4v) is 4.45. The molecule has 0 N–H and O–H groups in total. The fourth-order valence-electron chi connectivity index (χ4n) is 2.74. The van der Waals surface area contributed by atoms with Gasteiger partial charge in [-0.05, 0) is 44.0 Å². The van der Waals surface area contributed by atoms with E-state index in [1.165, 1.54) is 11.2 Å². The second kappa shape index (κ2) is 6.88. The molecule has 0 bridgehead atoms. The van der Waals surface area contributed by atoms with E-state index in [4.69, 9.17) is 4.74 Å². The lowest BCUT2D eigenvalue weighted by atomic mass is 10.1. The summed E-state index contributed by atoms with van der Waals surface area (Å²) in [6.45, 7) is 9.13. The maximum Gasteiger partial charge on any atom is 0.243 e. The van der Waals surface area contributed by atoms with E-state index in [0.717, 1.165) is 5.56 Å². The Balaban J connectivity index is 2.27. The molecule has 1 aliphatic heterocycles. The van der Waals surface area contributed by atoms with Gasteiger partial charge in [0.05, 0.1) is 11.5 Å². The van der Waals surface area contributed by atoms with Crippen molar-refractivity contribution in [3.8, 4) is 5.75 Å². The Morgan fingerprint density at radius 3 is 2.26 bits per heavy atom. The van der Waals surface area contributed by atoms with E-state index in [-0.39, 0.29) is 5.91 Å². The molecule has 1 heterocycles. The van der Waals surface area contributed by atoms with Crippen LogP contribution in [-0.2, 0) is 14.8 Å². The van der Waals surface area contributed by atoms with E-state index >= 15 is 0 Å². The first-order valence-corrected chi connectivity index (χ1v) is 9.21. The first-order chi connectivity index (χ1) is 10.8. The molecular weight excluding hydrogens is 316 g/mol. The highest BCUT2D eigenvalue weighted by atomic mass is 32.2. The number of rotatable bonds is 4. The Labute approximate surface area is 138 Å². The van der Waals surface area contributed by atoms with E-state index in [0.29, 0.717) is 49.0 Å². The monoisotopic (exact) mass is 340 g/mol. The predicted octanol–water partition coefficient (Wildman–Crippen LogP) is 1.55. The van der Waals surface area contributed by atoms with E-state index in [1.54, 1.807) is 24.0 Å². The van der Waals surface area contributed by atoms with Crippen LogP contribution in [0.25, 0.3) is 0 Å². The molecule has 0 aliphatic carbocycles. The first-order valence-electron chi connectivity index (χ1n) is 7.77. The molecule has 0 radical (unpaired) electrons. The fraction of sp³-hybridized carbons (Fsp3) is 0.562. The van der Waals surface area contributed by atoms with Crippen molar-refractivity contribution in [1.82, 2.24) is 9.21 Å². The summed E-state index contributed by atoms with van der Waals surface area (Å²) >= 11 is 0. The van der Waals surface area contributed by atoms with Crippen molar-refractivity contribution < 1.29 is 17.9 Å². The summed E-state index contributed by atoms with van der Waals surface area (Å²) in [7, 11) is -3.56. The summed E-state index contributed by atoms with van der Waals surface area (Å²) in [6.07, 6.45) is 0. The maximum atomic E-state index is 12.9. The zero-order valence-corrected chi connectivity index (χ0v) is 14.9. The second-order valence-corrected chi connectivity index (χ2v) is 7.56. The van der Waals surface area contributed by atoms with Crippen molar-refractivity contribution in [2.24, 2.45) is 0 Å². The molecule has 2 rings (SSSR count). The molecule has 1 aromatic carbocycles. The average molecular weight is 340 g/mol. The van der Waals surface area contributed by atoms with Gasteiger partial charge in [0.1, 0.15) is 5.75 Å². The van der Waals surface area contributed by atoms with Crippen LogP contribution in [0, 0.1) is 13.8 Å². The van der Waals surface area contributed by atoms with Crippen LogP contribution in [-0.4, -0.2) is 56.3 Å². The van der Waals surface area contributed by atoms with E-state index in [9.17, 15) is 13.2 Å². The van der Waals surface area contributed by atoms with Crippen LogP contribution in [0.3, 0.4) is 0 Å². The molecule has 0 unspecified atom stereocenters. The number of piperazine rings is 1. The number of hydrogen-bond acceptors (Lipinski definition) is 4. The van der Waals surface area contributed by atoms with Crippen LogP contribution >= 0.6 is 0 Å². The van der Waals surface area contributed by atoms with Gasteiger partial charge >= 0.3 is 0 Å². The summed E-state index contributed by atoms with van der Waals surface area (Å²) < 4.78 is 32.7. The summed E-state index contributed by atoms with van der Waals surface area (Å²) in [5.74, 6) is 0.695. The number of nitrogens with zero attached hydrogens (tertiary/aromatic N) is 2. The Kier molecular flexibility index (Phi) is 5.31. The van der Waals surface area contributed by atoms with Crippen molar-refractivity contribution in [2.75, 3.05) is 32.8 Å². The Morgan fingerprint density at radius 2 is 1.74 bits per heavy atom. The molecule has 0 aromatic heterocycles. The third-order valence-corrected chi connectivity index (χ3v) is 6.33. The summed E-state index contributed by atoms with van der Waals surface area (Å²) in [6, 6.07) is 3.32. The molecular formula is C16H24N2O4S. The third kappa shape index (κ3) is 3.50. The predicted molar refractivity (Wildman–Crippen MR) is 88.1 cm³/mol. The zero-order chi connectivity index (χ0) is 17.2. The molecule has 0 atom stereocenters. The van der Waals surface area contributed by atoms with Crippen molar-refractivity contribution >= 4 is 15.9 Å². The Bertz CT molecular complexity index is 692. The van der Waals surface area contributed by atoms with Crippen LogP contribution < -0.4 is 4.74 Å². The molecule has 0 saturated carbocycles. The number of hydrogen-bond donors (Lipinski definition) is 0. The molecule has 23 heavy (non-hydrogen) atoms. The highest BCUT2D eigenvalue weighted by Crippen LogP contribution is 2.29. The minimum Gasteiger partial charge on any atom is -0.494 e. The normalized spacial score (nSPS) is 16.4. The van der Waals surface area contributed by atoms with Crippen LogP contribution in [0.2, 0.25) is 0 Å². The quantitative estimate of drug-likeness (QED) is 0.834. The number of sulfonamides is 1. The highest BCUT2D eigenvalue weighted by molar-refractivity contribution is 7.89. The van der Waals surface area contributed by atoms with Crippen molar-refractivity contribution in [2.45, 2.75) is 32.6 Å². The summed E-state index contributed by atoms with van der Waals surface area (Å²) in [4.78, 5) is 13.4. The largest absolute Gasteiger partial charge is 0.494 e. The molecule has 1 aromatic rings. The van der Waals surface area contributed by atoms with Gasteiger partial charge in [0.15, 0.2) is 0 Å². The smallest absolute Gasteiger partial charge is 0.243 e. The lowest BCUT2D eigenvalue weighted by molar-refractivity contribution is -0.129. The van der Waals surface area contributed by atoms with Gasteiger partial charge in [-0.15, -0.1) is 0 Å². The highest BCUT2D eigenvalue weighted by Gasteiger charge is 2.30. The zero-order valence-electron chi connectivity index (χ0n) is 14.1. The molecule has 6 nitrogen and oxygen atoms in total. The van der Waals surface area contributed by atoms with E-state index in [2.05, 4.69) is 0 Å². The summed E-state index contributed by atoms with van der Waals surface area (Å²) in [5.41, 5.74) is 1.56. The minimum absolute atomic E-state index is 0.0184. The van der Waals surface area contributed by atoms with Gasteiger partial charge in [0.25, 0.3) is 0 Å². The molecule has 1 amide bonds. The van der Waals surface area contributed by atoms with Crippen LogP contribution in [0.5, 0.6) is 5.75 Å². The number of ether oxygens (including phenoxy) is 1. The molecule has 1 aliphatic rings. The van der Waals surface area contributed by atoms with Crippen LogP contribution in [0.1, 0.15) is 25.0 Å². The van der Waals surface area contributed by atoms with Gasteiger partial charge in [-0.25, -0.2) is 8.42 Å². The first kappa shape index (κ1) is 17.7. The molecule has 128 valence electrons. The van der Waals surface area contributed by atoms with Gasteiger partial charge in [0, 0.05) is 33.1 Å². The lowest BCUT2D eigenvalue weighted by Gasteiger charge is -2.33. The van der Waals surface area contributed by atoms with Gasteiger partial charge in [-0.3, -0.25) is 4.79 Å². The summed E-state index contributed by atoms with van der Waals surface area (Å²) in [5, 5.41) is 0. The van der Waals surface area contributed by atoms with Crippen molar-refractivity contribution in [3.05, 3.63) is 23.3 Å². The maximum absolute atomic E-state index is 12.9.